The highest BCUT2D eigenvalue weighted by molar-refractivity contribution is 5.94. The summed E-state index contributed by atoms with van der Waals surface area (Å²) in [6.07, 6.45) is -8.26. The molecule has 4 N–H and O–H groups in total. The lowest BCUT2D eigenvalue weighted by atomic mass is 9.97. The predicted molar refractivity (Wildman–Crippen MR) is 375 cm³/mol. The van der Waals surface area contributed by atoms with Gasteiger partial charge in [0.2, 0.25) is 35.4 Å². The first kappa shape index (κ1) is 65.4. The molecule has 5 heterocycles. The van der Waals surface area contributed by atoms with Crippen molar-refractivity contribution in [2.75, 3.05) is 6.61 Å². The third-order valence-corrected chi connectivity index (χ3v) is 18.7. The van der Waals surface area contributed by atoms with Crippen LogP contribution in [0.3, 0.4) is 0 Å². The lowest BCUT2D eigenvalue weighted by Crippen LogP contribution is -2.58. The van der Waals surface area contributed by atoms with E-state index >= 15 is 19.2 Å². The van der Waals surface area contributed by atoms with Gasteiger partial charge in [-0.05, 0) is 48.5 Å². The van der Waals surface area contributed by atoms with Gasteiger partial charge in [-0.25, -0.2) is 19.2 Å². The van der Waals surface area contributed by atoms with Gasteiger partial charge in [0.25, 0.3) is 0 Å². The summed E-state index contributed by atoms with van der Waals surface area (Å²) in [5.41, 5.74) is 2.76. The summed E-state index contributed by atoms with van der Waals surface area (Å²) in [5.74, 6) is -14.9. The van der Waals surface area contributed by atoms with Gasteiger partial charge in [0.1, 0.15) is 0 Å². The Morgan fingerprint density at radius 3 is 0.736 bits per heavy atom. The molecule has 0 aliphatic carbocycles. The molecule has 0 aromatic heterocycles. The number of hydrogen-bond acceptors (Lipinski definition) is 21. The molecule has 0 radical (unpaired) electrons. The molecule has 5 aliphatic rings. The van der Waals surface area contributed by atoms with Crippen molar-refractivity contribution < 1.29 is 101 Å². The highest BCUT2D eigenvalue weighted by atomic mass is 16.8. The van der Waals surface area contributed by atoms with Gasteiger partial charge < -0.3 is 82.0 Å². The van der Waals surface area contributed by atoms with Gasteiger partial charge in [0.15, 0.2) is 58.2 Å². The van der Waals surface area contributed by atoms with Crippen LogP contribution in [0.5, 0.6) is 69.0 Å². The molecule has 21 nitrogen and oxygen atoms in total. The van der Waals surface area contributed by atoms with Crippen LogP contribution in [-0.4, -0.2) is 75.5 Å². The summed E-state index contributed by atoms with van der Waals surface area (Å²) in [6.45, 7) is -0.796. The van der Waals surface area contributed by atoms with Crippen LogP contribution in [0, 0.1) is 0 Å². The predicted octanol–water partition coefficient (Wildman–Crippen LogP) is 14.4. The van der Waals surface area contributed by atoms with Crippen molar-refractivity contribution in [2.45, 2.75) is 47.8 Å². The first-order chi connectivity index (χ1) is 51.7. The molecule has 5 aliphatic heterocycles. The first-order valence-electron chi connectivity index (χ1n) is 33.6. The summed E-state index contributed by atoms with van der Waals surface area (Å²) < 4.78 is 84.2. The highest BCUT2D eigenvalue weighted by Crippen LogP contribution is 2.57. The minimum atomic E-state index is -2.19. The molecular formula is C85H58O21. The third kappa shape index (κ3) is 11.3. The quantitative estimate of drug-likeness (QED) is 0.0517. The Bertz CT molecular complexity index is 4870. The summed E-state index contributed by atoms with van der Waals surface area (Å²) in [5, 5.41) is 47.4. The molecular weight excluding hydrogens is 1360 g/mol. The number of benzene rings is 12. The fraction of sp³-hybridized carbons (Fsp3) is 0.106. The standard InChI is InChI=1S/C85H58O21/c86-62-41-50(45-66-71(62)103-82(99-66,54-25-9-1-10-26-54)55-27-11-2-12-28-55)77(90)95-70-49-94-81(98-80(93)53-44-65(89)74-69(48-53)102-85(106-74,60-37-21-7-22-38-60)61-39-23-8-24-40-61)76(97-79(92)52-43-64(88)73-68(47-52)101-84(105-73,58-33-17-5-18-34-58)59-35-19-6-20-36-59)75(70)96-78(91)51-42-63(87)72-67(46-51)100-83(104-72,56-29-13-3-14-30-56)57-31-15-4-16-32-57/h1-48,70,75-76,81,86-89H,49H2/t70-,75+,76-,81-/m1/s1. The number of rotatable bonds is 16. The van der Waals surface area contributed by atoms with Gasteiger partial charge in [-0.3, -0.25) is 0 Å². The molecule has 4 atom stereocenters. The monoisotopic (exact) mass is 1410 g/mol. The van der Waals surface area contributed by atoms with Crippen molar-refractivity contribution in [1.29, 1.82) is 0 Å². The third-order valence-electron chi connectivity index (χ3n) is 18.7. The summed E-state index contributed by atoms with van der Waals surface area (Å²) in [7, 11) is 0. The van der Waals surface area contributed by atoms with E-state index in [-0.39, 0.29) is 62.7 Å². The van der Waals surface area contributed by atoms with E-state index in [0.717, 1.165) is 24.3 Å². The number of carbonyl (C=O) groups excluding carboxylic acids is 4. The Morgan fingerprint density at radius 1 is 0.274 bits per heavy atom. The minimum Gasteiger partial charge on any atom is -0.504 e. The van der Waals surface area contributed by atoms with E-state index in [0.29, 0.717) is 44.5 Å². The maximum absolute atomic E-state index is 15.4. The lowest BCUT2D eigenvalue weighted by molar-refractivity contribution is -0.250. The van der Waals surface area contributed by atoms with Crippen LogP contribution >= 0.6 is 0 Å². The van der Waals surface area contributed by atoms with Crippen molar-refractivity contribution >= 4 is 23.9 Å². The zero-order valence-corrected chi connectivity index (χ0v) is 55.5. The van der Waals surface area contributed by atoms with E-state index in [1.807, 2.05) is 24.3 Å². The zero-order chi connectivity index (χ0) is 72.3. The van der Waals surface area contributed by atoms with Crippen LogP contribution in [0.1, 0.15) is 85.9 Å². The Labute approximate surface area is 603 Å². The molecule has 106 heavy (non-hydrogen) atoms. The van der Waals surface area contributed by atoms with Gasteiger partial charge in [0.05, 0.1) is 28.9 Å². The summed E-state index contributed by atoms with van der Waals surface area (Å²) in [4.78, 5) is 61.0. The first-order valence-corrected chi connectivity index (χ1v) is 33.6. The molecule has 0 saturated carbocycles. The van der Waals surface area contributed by atoms with Crippen molar-refractivity contribution in [2.24, 2.45) is 0 Å². The topological polar surface area (TPSA) is 269 Å². The van der Waals surface area contributed by atoms with E-state index in [2.05, 4.69) is 0 Å². The molecule has 12 aromatic rings. The zero-order valence-electron chi connectivity index (χ0n) is 55.5. The van der Waals surface area contributed by atoms with Gasteiger partial charge in [-0.2, -0.15) is 0 Å². The molecule has 1 fully saturated rings. The molecule has 12 aromatic carbocycles. The largest absolute Gasteiger partial charge is 0.504 e. The molecule has 0 spiro atoms. The van der Waals surface area contributed by atoms with Crippen LogP contribution < -0.4 is 37.9 Å². The Kier molecular flexibility index (Phi) is 16.1. The number of phenols is 4. The molecule has 21 heteroatoms. The number of ether oxygens (including phenoxy) is 13. The normalized spacial score (nSPS) is 18.2. The van der Waals surface area contributed by atoms with E-state index in [1.165, 1.54) is 24.3 Å². The van der Waals surface area contributed by atoms with Crippen molar-refractivity contribution in [3.8, 4) is 69.0 Å². The van der Waals surface area contributed by atoms with Crippen molar-refractivity contribution in [3.05, 3.63) is 358 Å². The van der Waals surface area contributed by atoms with Crippen LogP contribution in [0.25, 0.3) is 0 Å². The maximum Gasteiger partial charge on any atom is 0.340 e. The van der Waals surface area contributed by atoms with Crippen LogP contribution in [0.15, 0.2) is 291 Å². The second kappa shape index (κ2) is 26.2. The van der Waals surface area contributed by atoms with Gasteiger partial charge >= 0.3 is 47.0 Å². The number of phenolic OH excluding ortho intramolecular Hbond substituents is 4. The van der Waals surface area contributed by atoms with Gasteiger partial charge in [-0.1, -0.05) is 243 Å². The lowest BCUT2D eigenvalue weighted by Gasteiger charge is -2.40. The van der Waals surface area contributed by atoms with E-state index in [1.54, 1.807) is 218 Å². The number of hydrogen-bond donors (Lipinski definition) is 4. The summed E-state index contributed by atoms with van der Waals surface area (Å²) >= 11 is 0. The average Bonchev–Trinajstić information content (AvgIpc) is 1.58. The van der Waals surface area contributed by atoms with Gasteiger partial charge in [-0.15, -0.1) is 0 Å². The second-order valence-electron chi connectivity index (χ2n) is 25.3. The molecule has 0 amide bonds. The average molecular weight is 1420 g/mol. The summed E-state index contributed by atoms with van der Waals surface area (Å²) in [6, 6.07) is 80.5. The molecule has 0 bridgehead atoms. The van der Waals surface area contributed by atoms with E-state index in [9.17, 15) is 20.4 Å². The molecule has 17 rings (SSSR count). The van der Waals surface area contributed by atoms with E-state index < -0.39 is 107 Å². The second-order valence-corrected chi connectivity index (χ2v) is 25.3. The number of carbonyl (C=O) groups is 4. The van der Waals surface area contributed by atoms with Crippen molar-refractivity contribution in [3.63, 3.8) is 0 Å². The minimum absolute atomic E-state index is 0.0791. The van der Waals surface area contributed by atoms with Crippen LogP contribution in [-0.2, 0) is 46.8 Å². The smallest absolute Gasteiger partial charge is 0.340 e. The van der Waals surface area contributed by atoms with Crippen LogP contribution in [0.4, 0.5) is 0 Å². The Balaban J connectivity index is 0.754. The van der Waals surface area contributed by atoms with Crippen molar-refractivity contribution in [1.82, 2.24) is 0 Å². The molecule has 1 saturated heterocycles. The maximum atomic E-state index is 15.4. The molecule has 524 valence electrons. The Hall–Kier alpha value is -13.9. The van der Waals surface area contributed by atoms with E-state index in [4.69, 9.17) is 61.6 Å². The Morgan fingerprint density at radius 2 is 0.491 bits per heavy atom. The van der Waals surface area contributed by atoms with Gasteiger partial charge in [0, 0.05) is 44.5 Å². The SMILES string of the molecule is O=C(O[C@H]1OC[C@@H](OC(=O)c2cc(O)c3c(c2)OC(c2ccccc2)(c2ccccc2)O3)[C@H](OC(=O)c2cc(O)c3c(c2)OC(c2ccccc2)(c2ccccc2)O3)[C@H]1OC(=O)c1cc(O)c2c(c1)OC(c1ccccc1)(c1ccccc1)O2)c1cc(O)c2c(c1)OC(c1ccccc1)(c1ccccc1)O2. The number of aromatic hydroxyl groups is 4. The number of fused-ring (bicyclic) bond motifs is 4. The number of esters is 4. The van der Waals surface area contributed by atoms with Crippen LogP contribution in [0.2, 0.25) is 0 Å². The highest BCUT2D eigenvalue weighted by Gasteiger charge is 2.54. The fourth-order valence-corrected chi connectivity index (χ4v) is 13.7. The fourth-order valence-electron chi connectivity index (χ4n) is 13.7. The molecule has 0 unspecified atom stereocenters.